The van der Waals surface area contributed by atoms with Gasteiger partial charge in [0.05, 0.1) is 12.6 Å². The van der Waals surface area contributed by atoms with Gasteiger partial charge in [-0.1, -0.05) is 12.1 Å². The minimum atomic E-state index is -0.341. The predicted octanol–water partition coefficient (Wildman–Crippen LogP) is 1.77. The van der Waals surface area contributed by atoms with Crippen molar-refractivity contribution < 1.29 is 14.3 Å². The van der Waals surface area contributed by atoms with E-state index in [9.17, 15) is 9.59 Å². The number of carbonyl (C=O) groups is 2. The van der Waals surface area contributed by atoms with Crippen LogP contribution in [0.25, 0.3) is 10.9 Å². The van der Waals surface area contributed by atoms with Crippen molar-refractivity contribution in [1.82, 2.24) is 20.1 Å². The third kappa shape index (κ3) is 3.39. The molecule has 2 heterocycles. The summed E-state index contributed by atoms with van der Waals surface area (Å²) in [7, 11) is 3.25. The fourth-order valence-electron chi connectivity index (χ4n) is 3.87. The number of para-hydroxylation sites is 1. The molecule has 0 bridgehead atoms. The number of ether oxygens (including phenoxy) is 1. The van der Waals surface area contributed by atoms with Gasteiger partial charge < -0.3 is 19.9 Å². The molecule has 2 amide bonds. The number of hydrogen-bond acceptors (Lipinski definition) is 4. The first kappa shape index (κ1) is 19.2. The van der Waals surface area contributed by atoms with Gasteiger partial charge in [-0.05, 0) is 32.4 Å². The molecule has 0 aliphatic carbocycles. The lowest BCUT2D eigenvalue weighted by molar-refractivity contribution is -0.128. The lowest BCUT2D eigenvalue weighted by Crippen LogP contribution is -2.61. The van der Waals surface area contributed by atoms with Crippen molar-refractivity contribution in [2.45, 2.75) is 32.9 Å². The summed E-state index contributed by atoms with van der Waals surface area (Å²) >= 11 is 0. The summed E-state index contributed by atoms with van der Waals surface area (Å²) in [6.07, 6.45) is 0. The van der Waals surface area contributed by atoms with Crippen LogP contribution in [0.1, 0.15) is 29.9 Å². The zero-order valence-corrected chi connectivity index (χ0v) is 16.6. The van der Waals surface area contributed by atoms with Crippen molar-refractivity contribution in [1.29, 1.82) is 0 Å². The lowest BCUT2D eigenvalue weighted by Gasteiger charge is -2.42. The molecule has 1 atom stereocenters. The number of nitrogens with one attached hydrogen (secondary N) is 2. The molecule has 7 heteroatoms. The van der Waals surface area contributed by atoms with Crippen LogP contribution in [0.15, 0.2) is 18.2 Å². The molecule has 0 saturated carbocycles. The predicted molar refractivity (Wildman–Crippen MR) is 105 cm³/mol. The summed E-state index contributed by atoms with van der Waals surface area (Å²) in [5.74, 6) is 0.571. The van der Waals surface area contributed by atoms with Crippen molar-refractivity contribution in [3.63, 3.8) is 0 Å². The molecule has 2 N–H and O–H groups in total. The van der Waals surface area contributed by atoms with Gasteiger partial charge in [-0.2, -0.15) is 0 Å². The van der Waals surface area contributed by atoms with Crippen LogP contribution in [0.2, 0.25) is 0 Å². The molecule has 1 aromatic heterocycles. The van der Waals surface area contributed by atoms with E-state index in [1.807, 2.05) is 25.1 Å². The van der Waals surface area contributed by atoms with Gasteiger partial charge in [-0.25, -0.2) is 0 Å². The minimum absolute atomic E-state index is 0.0590. The van der Waals surface area contributed by atoms with Crippen LogP contribution in [0.5, 0.6) is 5.75 Å². The van der Waals surface area contributed by atoms with Gasteiger partial charge in [0.15, 0.2) is 0 Å². The highest BCUT2D eigenvalue weighted by molar-refractivity contribution is 6.02. The van der Waals surface area contributed by atoms with Crippen LogP contribution in [0.3, 0.4) is 0 Å². The van der Waals surface area contributed by atoms with E-state index < -0.39 is 0 Å². The highest BCUT2D eigenvalue weighted by Crippen LogP contribution is 2.30. The van der Waals surface area contributed by atoms with Crippen molar-refractivity contribution in [2.24, 2.45) is 0 Å². The summed E-state index contributed by atoms with van der Waals surface area (Å²) in [5, 5.41) is 3.70. The van der Waals surface area contributed by atoms with Crippen molar-refractivity contribution in [3.8, 4) is 5.75 Å². The Morgan fingerprint density at radius 3 is 2.67 bits per heavy atom. The van der Waals surface area contributed by atoms with E-state index in [4.69, 9.17) is 4.74 Å². The van der Waals surface area contributed by atoms with E-state index in [1.165, 1.54) is 0 Å². The molecular formula is C20H28N4O3. The summed E-state index contributed by atoms with van der Waals surface area (Å²) < 4.78 is 5.41. The number of methoxy groups -OCH3 is 1. The Bertz CT molecular complexity index is 858. The standard InChI is InChI=1S/C20H28N4O3/c1-12(2)24-10-9-23(11-15(24)19(25)21-4)20(26)17-13(3)14-7-6-8-16(27-5)18(14)22-17/h6-8,12,15,22H,9-11H2,1-5H3,(H,21,25)/t15-/m1/s1. The number of likely N-dealkylation sites (N-methyl/N-ethyl adjacent to an activating group) is 1. The third-order valence-electron chi connectivity index (χ3n) is 5.41. The van der Waals surface area contributed by atoms with Gasteiger partial charge in [0.1, 0.15) is 17.5 Å². The molecule has 1 saturated heterocycles. The number of fused-ring (bicyclic) bond motifs is 1. The molecule has 3 rings (SSSR count). The van der Waals surface area contributed by atoms with E-state index in [0.29, 0.717) is 31.1 Å². The summed E-state index contributed by atoms with van der Waals surface area (Å²) in [6.45, 7) is 7.72. The molecule has 1 aliphatic rings. The van der Waals surface area contributed by atoms with Crippen LogP contribution in [-0.2, 0) is 4.79 Å². The zero-order chi connectivity index (χ0) is 19.7. The number of benzene rings is 1. The largest absolute Gasteiger partial charge is 0.495 e. The third-order valence-corrected chi connectivity index (χ3v) is 5.41. The SMILES string of the molecule is CNC(=O)[C@H]1CN(C(=O)c2[nH]c3c(OC)cccc3c2C)CCN1C(C)C. The molecule has 146 valence electrons. The maximum atomic E-state index is 13.2. The molecule has 1 fully saturated rings. The maximum absolute atomic E-state index is 13.2. The Morgan fingerprint density at radius 1 is 1.30 bits per heavy atom. The second-order valence-electron chi connectivity index (χ2n) is 7.22. The maximum Gasteiger partial charge on any atom is 0.270 e. The van der Waals surface area contributed by atoms with Crippen LogP contribution < -0.4 is 10.1 Å². The first-order chi connectivity index (χ1) is 12.9. The van der Waals surface area contributed by atoms with Crippen LogP contribution in [-0.4, -0.2) is 72.5 Å². The molecule has 0 unspecified atom stereocenters. The summed E-state index contributed by atoms with van der Waals surface area (Å²) in [6, 6.07) is 5.66. The van der Waals surface area contributed by atoms with E-state index in [-0.39, 0.29) is 23.9 Å². The summed E-state index contributed by atoms with van der Waals surface area (Å²) in [4.78, 5) is 32.7. The van der Waals surface area contributed by atoms with E-state index in [1.54, 1.807) is 19.1 Å². The van der Waals surface area contributed by atoms with Gasteiger partial charge in [-0.15, -0.1) is 0 Å². The molecule has 0 spiro atoms. The average molecular weight is 372 g/mol. The fourth-order valence-corrected chi connectivity index (χ4v) is 3.87. The molecule has 1 aromatic carbocycles. The number of piperazine rings is 1. The molecule has 1 aliphatic heterocycles. The fraction of sp³-hybridized carbons (Fsp3) is 0.500. The summed E-state index contributed by atoms with van der Waals surface area (Å²) in [5.41, 5.74) is 2.28. The molecule has 7 nitrogen and oxygen atoms in total. The smallest absolute Gasteiger partial charge is 0.270 e. The Kier molecular flexibility index (Phi) is 5.41. The zero-order valence-electron chi connectivity index (χ0n) is 16.6. The van der Waals surface area contributed by atoms with E-state index in [0.717, 1.165) is 16.5 Å². The van der Waals surface area contributed by atoms with Gasteiger partial charge in [0.2, 0.25) is 5.91 Å². The average Bonchev–Trinajstić information content (AvgIpc) is 3.03. The number of nitrogens with zero attached hydrogens (tertiary/aromatic N) is 2. The number of rotatable bonds is 4. The number of aromatic nitrogens is 1. The molecule has 2 aromatic rings. The number of amides is 2. The van der Waals surface area contributed by atoms with Crippen LogP contribution in [0.4, 0.5) is 0 Å². The Hall–Kier alpha value is -2.54. The van der Waals surface area contributed by atoms with Crippen LogP contribution in [0, 0.1) is 6.92 Å². The van der Waals surface area contributed by atoms with Gasteiger partial charge >= 0.3 is 0 Å². The second-order valence-corrected chi connectivity index (χ2v) is 7.22. The topological polar surface area (TPSA) is 77.7 Å². The number of aryl methyl sites for hydroxylation is 1. The highest BCUT2D eigenvalue weighted by Gasteiger charge is 2.36. The van der Waals surface area contributed by atoms with Crippen molar-refractivity contribution >= 4 is 22.7 Å². The lowest BCUT2D eigenvalue weighted by atomic mass is 10.1. The monoisotopic (exact) mass is 372 g/mol. The van der Waals surface area contributed by atoms with Crippen molar-refractivity contribution in [2.75, 3.05) is 33.8 Å². The molecule has 27 heavy (non-hydrogen) atoms. The Morgan fingerprint density at radius 2 is 2.04 bits per heavy atom. The minimum Gasteiger partial charge on any atom is -0.495 e. The van der Waals surface area contributed by atoms with Gasteiger partial charge in [0, 0.05) is 38.1 Å². The number of carbonyl (C=O) groups excluding carboxylic acids is 2. The van der Waals surface area contributed by atoms with Gasteiger partial charge in [-0.3, -0.25) is 14.5 Å². The van der Waals surface area contributed by atoms with Crippen LogP contribution >= 0.6 is 0 Å². The number of aromatic amines is 1. The highest BCUT2D eigenvalue weighted by atomic mass is 16.5. The second kappa shape index (κ2) is 7.60. The molecular weight excluding hydrogens is 344 g/mol. The first-order valence-electron chi connectivity index (χ1n) is 9.30. The molecule has 0 radical (unpaired) electrons. The van der Waals surface area contributed by atoms with Gasteiger partial charge in [0.25, 0.3) is 5.91 Å². The number of hydrogen-bond donors (Lipinski definition) is 2. The quantitative estimate of drug-likeness (QED) is 0.857. The Labute approximate surface area is 159 Å². The first-order valence-corrected chi connectivity index (χ1v) is 9.30. The number of H-pyrrole nitrogens is 1. The van der Waals surface area contributed by atoms with E-state index >= 15 is 0 Å². The van der Waals surface area contributed by atoms with E-state index in [2.05, 4.69) is 29.0 Å². The van der Waals surface area contributed by atoms with Crippen molar-refractivity contribution in [3.05, 3.63) is 29.5 Å². The normalized spacial score (nSPS) is 18.1. The Balaban J connectivity index is 1.91.